The van der Waals surface area contributed by atoms with Crippen molar-refractivity contribution in [2.24, 2.45) is 0 Å². The minimum Gasteiger partial charge on any atom is -0.309 e. The zero-order valence-corrected chi connectivity index (χ0v) is 29.8. The smallest absolute Gasteiger partial charge is 0.235 e. The van der Waals surface area contributed by atoms with E-state index in [1.165, 1.54) is 44.1 Å². The Labute approximate surface area is 317 Å². The van der Waals surface area contributed by atoms with E-state index in [4.69, 9.17) is 9.97 Å². The Balaban J connectivity index is 1.11. The van der Waals surface area contributed by atoms with E-state index in [1.54, 1.807) is 0 Å². The quantitative estimate of drug-likeness (QED) is 0.183. The van der Waals surface area contributed by atoms with Gasteiger partial charge in [0.25, 0.3) is 0 Å². The fraction of sp³-hybridized carbons (Fsp3) is 0.0196. The van der Waals surface area contributed by atoms with Crippen LogP contribution >= 0.6 is 0 Å². The number of nitrogens with zero attached hydrogens (tertiary/aromatic N) is 4. The van der Waals surface area contributed by atoms with Crippen LogP contribution < -0.4 is 0 Å². The molecule has 12 rings (SSSR count). The van der Waals surface area contributed by atoms with Gasteiger partial charge in [-0.05, 0) is 94.4 Å². The molecule has 0 atom stereocenters. The third-order valence-corrected chi connectivity index (χ3v) is 11.6. The largest absolute Gasteiger partial charge is 0.309 e. The van der Waals surface area contributed by atoms with E-state index >= 15 is 0 Å². The zero-order chi connectivity index (χ0) is 36.0. The maximum Gasteiger partial charge on any atom is 0.235 e. The second-order valence-corrected chi connectivity index (χ2v) is 14.6. The van der Waals surface area contributed by atoms with Crippen molar-refractivity contribution in [1.82, 2.24) is 19.1 Å². The van der Waals surface area contributed by atoms with Crippen LogP contribution in [-0.4, -0.2) is 19.1 Å². The van der Waals surface area contributed by atoms with Gasteiger partial charge in [0.1, 0.15) is 0 Å². The molecule has 0 unspecified atom stereocenters. The number of hydrogen-bond acceptors (Lipinski definition) is 2. The van der Waals surface area contributed by atoms with E-state index in [9.17, 15) is 0 Å². The molecule has 256 valence electrons. The molecule has 0 radical (unpaired) electrons. The Bertz CT molecular complexity index is 3300. The average molecular weight is 701 g/mol. The summed E-state index contributed by atoms with van der Waals surface area (Å²) in [5.74, 6) is 0.657. The predicted octanol–water partition coefficient (Wildman–Crippen LogP) is 12.7. The highest BCUT2D eigenvalue weighted by atomic mass is 15.2. The van der Waals surface area contributed by atoms with Gasteiger partial charge in [-0.3, -0.25) is 4.57 Å². The van der Waals surface area contributed by atoms with Crippen LogP contribution in [-0.2, 0) is 6.42 Å². The lowest BCUT2D eigenvalue weighted by molar-refractivity contribution is 1.01. The summed E-state index contributed by atoms with van der Waals surface area (Å²) in [6.45, 7) is 0. The van der Waals surface area contributed by atoms with E-state index in [1.807, 2.05) is 0 Å². The minimum absolute atomic E-state index is 0.657. The zero-order valence-electron chi connectivity index (χ0n) is 29.8. The molecule has 0 saturated carbocycles. The molecule has 1 aliphatic rings. The van der Waals surface area contributed by atoms with Crippen molar-refractivity contribution in [2.75, 3.05) is 0 Å². The third kappa shape index (κ3) is 4.52. The Morgan fingerprint density at radius 1 is 0.364 bits per heavy atom. The summed E-state index contributed by atoms with van der Waals surface area (Å²) in [4.78, 5) is 10.9. The number of fused-ring (bicyclic) bond motifs is 10. The topological polar surface area (TPSA) is 35.6 Å². The molecule has 3 aromatic heterocycles. The molecule has 0 N–H and O–H groups in total. The summed E-state index contributed by atoms with van der Waals surface area (Å²) in [7, 11) is 0. The SMILES string of the molecule is c1ccc(-c2ccc3c(-c4ccc5c(c4)-c4ccccc4C5)nc(-n4c5ccccc5c5cc(-n6c7ccccc7c7ccccc76)ccc54)nc3c2)cc1. The van der Waals surface area contributed by atoms with Gasteiger partial charge in [-0.1, -0.05) is 127 Å². The molecule has 3 heterocycles. The molecule has 0 aliphatic heterocycles. The Kier molecular flexibility index (Phi) is 6.37. The monoisotopic (exact) mass is 700 g/mol. The summed E-state index contributed by atoms with van der Waals surface area (Å²) in [5.41, 5.74) is 16.2. The van der Waals surface area contributed by atoms with Gasteiger partial charge in [-0.15, -0.1) is 0 Å². The molecule has 0 spiro atoms. The standard InChI is InChI=1S/C51H32N4/c1-2-12-32(13-3-1)33-24-26-42-45(30-33)52-51(53-50(42)36-23-22-35-28-34-14-4-5-15-38(34)43(35)29-36)55-48-21-11-8-18-41(48)44-31-37(25-27-49(44)55)54-46-19-9-6-16-39(46)40-17-7-10-20-47(40)54/h1-27,29-31H,28H2. The summed E-state index contributed by atoms with van der Waals surface area (Å²) in [6.07, 6.45) is 0.958. The maximum atomic E-state index is 5.50. The lowest BCUT2D eigenvalue weighted by Crippen LogP contribution is -2.04. The van der Waals surface area contributed by atoms with Gasteiger partial charge in [0.05, 0.1) is 33.3 Å². The molecule has 0 fully saturated rings. The van der Waals surface area contributed by atoms with E-state index in [2.05, 4.69) is 191 Å². The number of aromatic nitrogens is 4. The fourth-order valence-electron chi connectivity index (χ4n) is 9.03. The second kappa shape index (κ2) is 11.6. The van der Waals surface area contributed by atoms with Crippen LogP contribution in [0.4, 0.5) is 0 Å². The van der Waals surface area contributed by atoms with Crippen LogP contribution in [0.25, 0.3) is 99.7 Å². The molecule has 4 nitrogen and oxygen atoms in total. The molecule has 0 saturated heterocycles. The van der Waals surface area contributed by atoms with E-state index in [0.717, 1.165) is 67.2 Å². The molecule has 4 heteroatoms. The molecule has 0 amide bonds. The predicted molar refractivity (Wildman–Crippen MR) is 227 cm³/mol. The number of rotatable bonds is 4. The number of hydrogen-bond donors (Lipinski definition) is 0. The lowest BCUT2D eigenvalue weighted by Gasteiger charge is -2.14. The normalized spacial score (nSPS) is 12.3. The van der Waals surface area contributed by atoms with Gasteiger partial charge < -0.3 is 4.57 Å². The molecule has 1 aliphatic carbocycles. The first-order valence-corrected chi connectivity index (χ1v) is 18.9. The van der Waals surface area contributed by atoms with Crippen LogP contribution in [0.15, 0.2) is 182 Å². The van der Waals surface area contributed by atoms with Crippen LogP contribution in [0.2, 0.25) is 0 Å². The van der Waals surface area contributed by atoms with Crippen molar-refractivity contribution < 1.29 is 0 Å². The highest BCUT2D eigenvalue weighted by molar-refractivity contribution is 6.12. The highest BCUT2D eigenvalue weighted by Gasteiger charge is 2.22. The molecule has 8 aromatic carbocycles. The Morgan fingerprint density at radius 3 is 1.76 bits per heavy atom. The first-order chi connectivity index (χ1) is 27.3. The van der Waals surface area contributed by atoms with Crippen LogP contribution in [0.3, 0.4) is 0 Å². The highest BCUT2D eigenvalue weighted by Crippen LogP contribution is 2.41. The fourth-order valence-corrected chi connectivity index (χ4v) is 9.03. The van der Waals surface area contributed by atoms with Gasteiger partial charge >= 0.3 is 0 Å². The van der Waals surface area contributed by atoms with Crippen molar-refractivity contribution in [3.8, 4) is 45.1 Å². The third-order valence-electron chi connectivity index (χ3n) is 11.6. The van der Waals surface area contributed by atoms with Crippen molar-refractivity contribution in [3.05, 3.63) is 193 Å². The second-order valence-electron chi connectivity index (χ2n) is 14.6. The average Bonchev–Trinajstić information content (AvgIpc) is 3.90. The summed E-state index contributed by atoms with van der Waals surface area (Å²) in [5, 5.41) is 5.86. The van der Waals surface area contributed by atoms with Crippen LogP contribution in [0, 0.1) is 0 Å². The van der Waals surface area contributed by atoms with E-state index in [0.29, 0.717) is 5.95 Å². The van der Waals surface area contributed by atoms with E-state index in [-0.39, 0.29) is 0 Å². The van der Waals surface area contributed by atoms with Gasteiger partial charge in [0.15, 0.2) is 0 Å². The van der Waals surface area contributed by atoms with Crippen molar-refractivity contribution >= 4 is 54.5 Å². The van der Waals surface area contributed by atoms with Crippen molar-refractivity contribution in [1.29, 1.82) is 0 Å². The first-order valence-electron chi connectivity index (χ1n) is 18.9. The summed E-state index contributed by atoms with van der Waals surface area (Å²) < 4.78 is 4.64. The maximum absolute atomic E-state index is 5.50. The first kappa shape index (κ1) is 30.2. The van der Waals surface area contributed by atoms with Gasteiger partial charge in [0.2, 0.25) is 5.95 Å². The van der Waals surface area contributed by atoms with Gasteiger partial charge in [-0.2, -0.15) is 0 Å². The van der Waals surface area contributed by atoms with Gasteiger partial charge in [0, 0.05) is 38.2 Å². The summed E-state index contributed by atoms with van der Waals surface area (Å²) in [6, 6.07) is 65.6. The van der Waals surface area contributed by atoms with Crippen LogP contribution in [0.1, 0.15) is 11.1 Å². The van der Waals surface area contributed by atoms with E-state index < -0.39 is 0 Å². The van der Waals surface area contributed by atoms with Crippen LogP contribution in [0.5, 0.6) is 0 Å². The summed E-state index contributed by atoms with van der Waals surface area (Å²) >= 11 is 0. The van der Waals surface area contributed by atoms with Crippen molar-refractivity contribution in [2.45, 2.75) is 6.42 Å². The molecular formula is C51H32N4. The number of benzene rings is 8. The molecule has 55 heavy (non-hydrogen) atoms. The molecule has 11 aromatic rings. The van der Waals surface area contributed by atoms with Gasteiger partial charge in [-0.25, -0.2) is 9.97 Å². The van der Waals surface area contributed by atoms with Crippen molar-refractivity contribution in [3.63, 3.8) is 0 Å². The Hall–Kier alpha value is -7.30. The number of para-hydroxylation sites is 3. The molecule has 0 bridgehead atoms. The lowest BCUT2D eigenvalue weighted by atomic mass is 9.98. The molecular weight excluding hydrogens is 669 g/mol. The minimum atomic E-state index is 0.657. The Morgan fingerprint density at radius 2 is 0.982 bits per heavy atom.